The molecular weight excluding hydrogens is 300 g/mol. The van der Waals surface area contributed by atoms with Crippen molar-refractivity contribution in [2.24, 2.45) is 0 Å². The third-order valence-electron chi connectivity index (χ3n) is 4.15. The Bertz CT molecular complexity index is 740. The fraction of sp³-hybridized carbons (Fsp3) is 0.360. The quantitative estimate of drug-likeness (QED) is 0.427. The summed E-state index contributed by atoms with van der Waals surface area (Å²) in [6.07, 6.45) is 8.37. The Hall–Kier alpha value is -2.44. The molecule has 0 amide bonds. The average molecular weight is 328 g/mol. The van der Waals surface area contributed by atoms with Gasteiger partial charge in [0.25, 0.3) is 0 Å². The third kappa shape index (κ3) is 7.32. The second-order valence-electron chi connectivity index (χ2n) is 6.39. The lowest BCUT2D eigenvalue weighted by Crippen LogP contribution is -1.85. The molecule has 0 unspecified atom stereocenters. The van der Waals surface area contributed by atoms with Gasteiger partial charge in [0.2, 0.25) is 0 Å². The standard InChI is InChI=1S/C25H28/c1-3-5-7-9-11-23-14-18-25(19-15-23)21-20-24-16-12-22(13-17-24)10-8-6-4-2/h12-19H,3-8,10H2,1-2H3. The molecule has 0 nitrogen and oxygen atoms in total. The van der Waals surface area contributed by atoms with Crippen LogP contribution < -0.4 is 0 Å². The topological polar surface area (TPSA) is 0 Å². The van der Waals surface area contributed by atoms with Crippen LogP contribution in [-0.4, -0.2) is 0 Å². The molecule has 0 heterocycles. The minimum atomic E-state index is 0.979. The normalized spacial score (nSPS) is 9.68. The van der Waals surface area contributed by atoms with Crippen LogP contribution in [0, 0.1) is 23.7 Å². The van der Waals surface area contributed by atoms with E-state index >= 15 is 0 Å². The molecule has 0 radical (unpaired) electrons. The van der Waals surface area contributed by atoms with Gasteiger partial charge in [0, 0.05) is 23.1 Å². The lowest BCUT2D eigenvalue weighted by Gasteiger charge is -2.00. The van der Waals surface area contributed by atoms with Gasteiger partial charge in [-0.2, -0.15) is 0 Å². The fourth-order valence-electron chi connectivity index (χ4n) is 2.54. The number of benzene rings is 2. The summed E-state index contributed by atoms with van der Waals surface area (Å²) < 4.78 is 0. The Labute approximate surface area is 153 Å². The zero-order valence-electron chi connectivity index (χ0n) is 15.6. The first-order valence-electron chi connectivity index (χ1n) is 9.51. The number of unbranched alkanes of at least 4 members (excludes halogenated alkanes) is 4. The Balaban J connectivity index is 1.92. The molecule has 0 aromatic heterocycles. The van der Waals surface area contributed by atoms with Crippen molar-refractivity contribution >= 4 is 0 Å². The minimum absolute atomic E-state index is 0.979. The van der Waals surface area contributed by atoms with Crippen LogP contribution in [0.15, 0.2) is 48.5 Å². The van der Waals surface area contributed by atoms with Crippen LogP contribution in [0.1, 0.15) is 74.6 Å². The highest BCUT2D eigenvalue weighted by Crippen LogP contribution is 2.09. The highest BCUT2D eigenvalue weighted by Gasteiger charge is 1.94. The molecule has 0 saturated carbocycles. The molecule has 0 atom stereocenters. The van der Waals surface area contributed by atoms with Gasteiger partial charge in [-0.05, 0) is 61.2 Å². The average Bonchev–Trinajstić information content (AvgIpc) is 2.66. The lowest BCUT2D eigenvalue weighted by atomic mass is 10.1. The van der Waals surface area contributed by atoms with Gasteiger partial charge < -0.3 is 0 Å². The maximum Gasteiger partial charge on any atom is 0.0249 e. The van der Waals surface area contributed by atoms with Crippen LogP contribution in [0.4, 0.5) is 0 Å². The first kappa shape index (κ1) is 18.9. The van der Waals surface area contributed by atoms with E-state index in [1.807, 2.05) is 0 Å². The smallest absolute Gasteiger partial charge is 0.0249 e. The van der Waals surface area contributed by atoms with Gasteiger partial charge in [-0.3, -0.25) is 0 Å². The summed E-state index contributed by atoms with van der Waals surface area (Å²) in [6.45, 7) is 4.43. The highest BCUT2D eigenvalue weighted by atomic mass is 14.0. The Kier molecular flexibility index (Phi) is 8.44. The zero-order valence-corrected chi connectivity index (χ0v) is 15.6. The number of aryl methyl sites for hydroxylation is 1. The monoisotopic (exact) mass is 328 g/mol. The molecule has 0 heteroatoms. The summed E-state index contributed by atoms with van der Waals surface area (Å²) in [5, 5.41) is 0. The molecule has 0 aliphatic carbocycles. The van der Waals surface area contributed by atoms with Crippen LogP contribution in [-0.2, 0) is 6.42 Å². The zero-order chi connectivity index (χ0) is 17.7. The van der Waals surface area contributed by atoms with Gasteiger partial charge in [-0.25, -0.2) is 0 Å². The molecular formula is C25H28. The molecule has 2 aromatic carbocycles. The largest absolute Gasteiger partial charge is 0.0979 e. The van der Waals surface area contributed by atoms with Crippen molar-refractivity contribution in [3.8, 4) is 23.7 Å². The predicted molar refractivity (Wildman–Crippen MR) is 108 cm³/mol. The Morgan fingerprint density at radius 1 is 0.600 bits per heavy atom. The maximum absolute atomic E-state index is 3.25. The van der Waals surface area contributed by atoms with Crippen molar-refractivity contribution in [1.82, 2.24) is 0 Å². The van der Waals surface area contributed by atoms with Crippen LogP contribution in [0.25, 0.3) is 0 Å². The molecule has 0 N–H and O–H groups in total. The third-order valence-corrected chi connectivity index (χ3v) is 4.15. The van der Waals surface area contributed by atoms with E-state index in [1.54, 1.807) is 0 Å². The summed E-state index contributed by atoms with van der Waals surface area (Å²) in [5.41, 5.74) is 4.58. The van der Waals surface area contributed by atoms with Crippen molar-refractivity contribution in [2.75, 3.05) is 0 Å². The molecule has 0 bridgehead atoms. The van der Waals surface area contributed by atoms with Gasteiger partial charge >= 0.3 is 0 Å². The fourth-order valence-corrected chi connectivity index (χ4v) is 2.54. The van der Waals surface area contributed by atoms with Gasteiger partial charge in [0.15, 0.2) is 0 Å². The van der Waals surface area contributed by atoms with Gasteiger partial charge in [-0.15, -0.1) is 0 Å². The summed E-state index contributed by atoms with van der Waals surface area (Å²) in [7, 11) is 0. The van der Waals surface area contributed by atoms with E-state index in [1.165, 1.54) is 44.1 Å². The molecule has 2 aromatic rings. The minimum Gasteiger partial charge on any atom is -0.0979 e. The van der Waals surface area contributed by atoms with E-state index in [4.69, 9.17) is 0 Å². The van der Waals surface area contributed by atoms with E-state index in [2.05, 4.69) is 86.1 Å². The molecule has 128 valence electrons. The van der Waals surface area contributed by atoms with Crippen molar-refractivity contribution in [1.29, 1.82) is 0 Å². The van der Waals surface area contributed by atoms with E-state index in [9.17, 15) is 0 Å². The SMILES string of the molecule is CCCCC#Cc1ccc(C#Cc2ccc(CCCCC)cc2)cc1. The van der Waals surface area contributed by atoms with Crippen molar-refractivity contribution < 1.29 is 0 Å². The van der Waals surface area contributed by atoms with E-state index in [0.717, 1.165) is 23.1 Å². The predicted octanol–water partition coefficient (Wildman–Crippen LogP) is 6.36. The Morgan fingerprint density at radius 3 is 1.68 bits per heavy atom. The Morgan fingerprint density at radius 2 is 1.12 bits per heavy atom. The highest BCUT2D eigenvalue weighted by molar-refractivity contribution is 5.46. The number of hydrogen-bond acceptors (Lipinski definition) is 0. The summed E-state index contributed by atoms with van der Waals surface area (Å²) in [4.78, 5) is 0. The van der Waals surface area contributed by atoms with Gasteiger partial charge in [0.05, 0.1) is 0 Å². The second-order valence-corrected chi connectivity index (χ2v) is 6.39. The summed E-state index contributed by atoms with van der Waals surface area (Å²) in [5.74, 6) is 12.9. The van der Waals surface area contributed by atoms with Crippen molar-refractivity contribution in [2.45, 2.75) is 58.8 Å². The molecule has 0 aliphatic heterocycles. The molecule has 0 spiro atoms. The number of rotatable bonds is 6. The van der Waals surface area contributed by atoms with Gasteiger partial charge in [0.1, 0.15) is 0 Å². The molecule has 25 heavy (non-hydrogen) atoms. The molecule has 2 rings (SSSR count). The summed E-state index contributed by atoms with van der Waals surface area (Å²) in [6, 6.07) is 16.9. The number of hydrogen-bond donors (Lipinski definition) is 0. The molecule has 0 fully saturated rings. The van der Waals surface area contributed by atoms with Crippen molar-refractivity contribution in [3.05, 3.63) is 70.8 Å². The molecule has 0 aliphatic rings. The lowest BCUT2D eigenvalue weighted by molar-refractivity contribution is 0.717. The van der Waals surface area contributed by atoms with Crippen LogP contribution in [0.5, 0.6) is 0 Å². The van der Waals surface area contributed by atoms with Crippen LogP contribution in [0.3, 0.4) is 0 Å². The van der Waals surface area contributed by atoms with Crippen LogP contribution >= 0.6 is 0 Å². The van der Waals surface area contributed by atoms with E-state index < -0.39 is 0 Å². The summed E-state index contributed by atoms with van der Waals surface area (Å²) >= 11 is 0. The van der Waals surface area contributed by atoms with Crippen molar-refractivity contribution in [3.63, 3.8) is 0 Å². The van der Waals surface area contributed by atoms with Crippen LogP contribution in [0.2, 0.25) is 0 Å². The van der Waals surface area contributed by atoms with E-state index in [-0.39, 0.29) is 0 Å². The van der Waals surface area contributed by atoms with Gasteiger partial charge in [-0.1, -0.05) is 68.9 Å². The van der Waals surface area contributed by atoms with E-state index in [0.29, 0.717) is 0 Å². The first-order chi connectivity index (χ1) is 12.3. The second kappa shape index (κ2) is 11.2. The molecule has 0 saturated heterocycles. The maximum atomic E-state index is 3.25. The first-order valence-corrected chi connectivity index (χ1v) is 9.51.